The van der Waals surface area contributed by atoms with Gasteiger partial charge in [0.1, 0.15) is 11.5 Å². The van der Waals surface area contributed by atoms with E-state index in [2.05, 4.69) is 4.98 Å². The maximum Gasteiger partial charge on any atom is 0.416 e. The Hall–Kier alpha value is -3.10. The zero-order valence-electron chi connectivity index (χ0n) is 14.8. The van der Waals surface area contributed by atoms with Gasteiger partial charge in [0.2, 0.25) is 0 Å². The number of benzene rings is 3. The van der Waals surface area contributed by atoms with Gasteiger partial charge in [0.25, 0.3) is 0 Å². The second kappa shape index (κ2) is 7.00. The van der Waals surface area contributed by atoms with E-state index >= 15 is 0 Å². The first-order valence-corrected chi connectivity index (χ1v) is 9.15. The predicted octanol–water partition coefficient (Wildman–Crippen LogP) is 5.72. The molecule has 3 N–H and O–H groups in total. The van der Waals surface area contributed by atoms with Gasteiger partial charge in [0, 0.05) is 22.2 Å². The second-order valence-electron chi connectivity index (χ2n) is 6.48. The maximum atomic E-state index is 13.0. The van der Waals surface area contributed by atoms with Gasteiger partial charge in [-0.25, -0.2) is 4.79 Å². The number of imidazole rings is 1. The lowest BCUT2D eigenvalue weighted by Crippen LogP contribution is -2.14. The minimum atomic E-state index is -4.58. The van der Waals surface area contributed by atoms with E-state index in [-0.39, 0.29) is 33.1 Å². The smallest absolute Gasteiger partial charge is 0.416 e. The van der Waals surface area contributed by atoms with Crippen molar-refractivity contribution in [3.05, 3.63) is 74.6 Å². The summed E-state index contributed by atoms with van der Waals surface area (Å²) in [6, 6.07) is 9.65. The van der Waals surface area contributed by atoms with Gasteiger partial charge in [-0.1, -0.05) is 29.3 Å². The lowest BCUT2D eigenvalue weighted by molar-refractivity contribution is -0.137. The molecule has 0 saturated carbocycles. The lowest BCUT2D eigenvalue weighted by atomic mass is 10.0. The molecule has 0 aliphatic rings. The van der Waals surface area contributed by atoms with Crippen LogP contribution in [0.2, 0.25) is 10.0 Å². The van der Waals surface area contributed by atoms with E-state index < -0.39 is 23.2 Å². The summed E-state index contributed by atoms with van der Waals surface area (Å²) in [6.07, 6.45) is -4.58. The average molecular weight is 455 g/mol. The van der Waals surface area contributed by atoms with Crippen LogP contribution in [0.1, 0.15) is 5.56 Å². The maximum absolute atomic E-state index is 13.0. The van der Waals surface area contributed by atoms with Crippen LogP contribution in [0.5, 0.6) is 11.5 Å². The van der Waals surface area contributed by atoms with Crippen LogP contribution in [0.25, 0.3) is 27.8 Å². The third-order valence-electron chi connectivity index (χ3n) is 4.56. The Bertz CT molecular complexity index is 1360. The van der Waals surface area contributed by atoms with Crippen LogP contribution in [0.3, 0.4) is 0 Å². The Kier molecular flexibility index (Phi) is 4.71. The van der Waals surface area contributed by atoms with Gasteiger partial charge in [-0.2, -0.15) is 13.2 Å². The molecule has 1 heterocycles. The molecule has 0 unspecified atom stereocenters. The van der Waals surface area contributed by atoms with Gasteiger partial charge in [-0.3, -0.25) is 4.57 Å². The van der Waals surface area contributed by atoms with Crippen molar-refractivity contribution < 1.29 is 23.4 Å². The van der Waals surface area contributed by atoms with Crippen LogP contribution < -0.4 is 5.69 Å². The Balaban J connectivity index is 1.96. The summed E-state index contributed by atoms with van der Waals surface area (Å²) in [7, 11) is 0. The van der Waals surface area contributed by atoms with Gasteiger partial charge < -0.3 is 15.2 Å². The number of phenols is 2. The summed E-state index contributed by atoms with van der Waals surface area (Å²) in [6.45, 7) is 0. The number of hydrogen-bond acceptors (Lipinski definition) is 3. The molecule has 30 heavy (non-hydrogen) atoms. The topological polar surface area (TPSA) is 78.2 Å². The molecular weight excluding hydrogens is 444 g/mol. The Morgan fingerprint density at radius 3 is 2.30 bits per heavy atom. The predicted molar refractivity (Wildman–Crippen MR) is 108 cm³/mol. The molecule has 1 aromatic heterocycles. The van der Waals surface area contributed by atoms with Crippen LogP contribution in [0, 0.1) is 0 Å². The van der Waals surface area contributed by atoms with E-state index in [9.17, 15) is 28.2 Å². The zero-order valence-corrected chi connectivity index (χ0v) is 16.3. The molecule has 0 fully saturated rings. The normalized spacial score (nSPS) is 11.9. The number of phenolic OH excluding ortho intramolecular Hbond substituents is 2. The SMILES string of the molecule is O=c1[nH]c2cc(C(F)(F)F)ccc2n1-c1cc(-c2ccc(Cl)cc2Cl)c(O)cc1O. The molecule has 0 aliphatic heterocycles. The quantitative estimate of drug-likeness (QED) is 0.362. The van der Waals surface area contributed by atoms with E-state index in [0.29, 0.717) is 10.6 Å². The highest BCUT2D eigenvalue weighted by atomic mass is 35.5. The summed E-state index contributed by atoms with van der Waals surface area (Å²) in [4.78, 5) is 14.9. The van der Waals surface area contributed by atoms with Crippen LogP contribution in [-0.4, -0.2) is 19.8 Å². The van der Waals surface area contributed by atoms with Crippen LogP contribution in [0.15, 0.2) is 53.3 Å². The number of H-pyrrole nitrogens is 1. The molecule has 10 heteroatoms. The van der Waals surface area contributed by atoms with Gasteiger partial charge in [0.05, 0.1) is 27.3 Å². The zero-order chi connectivity index (χ0) is 21.8. The van der Waals surface area contributed by atoms with E-state index in [4.69, 9.17) is 23.2 Å². The largest absolute Gasteiger partial charge is 0.507 e. The number of aromatic amines is 1. The first-order chi connectivity index (χ1) is 14.1. The van der Waals surface area contributed by atoms with Crippen molar-refractivity contribution in [1.82, 2.24) is 9.55 Å². The number of fused-ring (bicyclic) bond motifs is 1. The van der Waals surface area contributed by atoms with Crippen molar-refractivity contribution in [2.75, 3.05) is 0 Å². The second-order valence-corrected chi connectivity index (χ2v) is 7.32. The van der Waals surface area contributed by atoms with Crippen molar-refractivity contribution in [3.8, 4) is 28.3 Å². The highest BCUT2D eigenvalue weighted by Crippen LogP contribution is 2.40. The average Bonchev–Trinajstić information content (AvgIpc) is 2.97. The van der Waals surface area contributed by atoms with Crippen molar-refractivity contribution in [1.29, 1.82) is 0 Å². The summed E-state index contributed by atoms with van der Waals surface area (Å²) in [5.41, 5.74) is -1.12. The van der Waals surface area contributed by atoms with Gasteiger partial charge in [0.15, 0.2) is 0 Å². The third-order valence-corrected chi connectivity index (χ3v) is 5.11. The molecule has 5 nitrogen and oxygen atoms in total. The number of halogens is 5. The molecule has 4 rings (SSSR count). The lowest BCUT2D eigenvalue weighted by Gasteiger charge is -2.13. The fourth-order valence-corrected chi connectivity index (χ4v) is 3.71. The van der Waals surface area contributed by atoms with Crippen LogP contribution >= 0.6 is 23.2 Å². The number of nitrogens with one attached hydrogen (secondary N) is 1. The van der Waals surface area contributed by atoms with Gasteiger partial charge in [-0.05, 0) is 36.4 Å². The van der Waals surface area contributed by atoms with E-state index in [1.807, 2.05) is 0 Å². The summed E-state index contributed by atoms with van der Waals surface area (Å²) >= 11 is 12.1. The molecule has 0 bridgehead atoms. The van der Waals surface area contributed by atoms with Crippen molar-refractivity contribution >= 4 is 34.2 Å². The van der Waals surface area contributed by atoms with Crippen molar-refractivity contribution in [3.63, 3.8) is 0 Å². The minimum absolute atomic E-state index is 0.0511. The Morgan fingerprint density at radius 1 is 0.900 bits per heavy atom. The van der Waals surface area contributed by atoms with Gasteiger partial charge in [-0.15, -0.1) is 0 Å². The molecule has 3 aromatic carbocycles. The highest BCUT2D eigenvalue weighted by molar-refractivity contribution is 6.36. The van der Waals surface area contributed by atoms with Crippen molar-refractivity contribution in [2.45, 2.75) is 6.18 Å². The van der Waals surface area contributed by atoms with Crippen LogP contribution in [-0.2, 0) is 6.18 Å². The molecule has 154 valence electrons. The summed E-state index contributed by atoms with van der Waals surface area (Å²) in [5, 5.41) is 21.2. The first-order valence-electron chi connectivity index (χ1n) is 8.40. The monoisotopic (exact) mass is 454 g/mol. The molecule has 0 aliphatic carbocycles. The van der Waals surface area contributed by atoms with Crippen LogP contribution in [0.4, 0.5) is 13.2 Å². The summed E-state index contributed by atoms with van der Waals surface area (Å²) in [5.74, 6) is -0.767. The fourth-order valence-electron chi connectivity index (χ4n) is 3.20. The Labute approximate surface area is 176 Å². The number of nitrogens with zero attached hydrogens (tertiary/aromatic N) is 1. The standard InChI is InChI=1S/C20H11Cl2F3N2O3/c21-10-2-3-11(13(22)6-10)12-7-16(18(29)8-17(12)28)27-15-4-1-9(20(23,24)25)5-14(15)26-19(27)30/h1-8,28-29H,(H,26,30). The number of hydrogen-bond donors (Lipinski definition) is 3. The van der Waals surface area contributed by atoms with E-state index in [1.54, 1.807) is 12.1 Å². The Morgan fingerprint density at radius 2 is 1.63 bits per heavy atom. The number of aromatic nitrogens is 2. The molecular formula is C20H11Cl2F3N2O3. The minimum Gasteiger partial charge on any atom is -0.507 e. The molecule has 4 aromatic rings. The highest BCUT2D eigenvalue weighted by Gasteiger charge is 2.31. The molecule has 0 saturated heterocycles. The molecule has 0 amide bonds. The number of alkyl halides is 3. The summed E-state index contributed by atoms with van der Waals surface area (Å²) < 4.78 is 39.9. The van der Waals surface area contributed by atoms with E-state index in [1.165, 1.54) is 12.1 Å². The number of aromatic hydroxyl groups is 2. The number of rotatable bonds is 2. The first kappa shape index (κ1) is 20.2. The molecule has 0 spiro atoms. The fraction of sp³-hybridized carbons (Fsp3) is 0.0500. The molecule has 0 radical (unpaired) electrons. The molecule has 0 atom stereocenters. The van der Waals surface area contributed by atoms with E-state index in [0.717, 1.165) is 28.8 Å². The van der Waals surface area contributed by atoms with Gasteiger partial charge >= 0.3 is 11.9 Å². The van der Waals surface area contributed by atoms with Crippen molar-refractivity contribution in [2.24, 2.45) is 0 Å². The third kappa shape index (κ3) is 3.38.